The zero-order valence-electron chi connectivity index (χ0n) is 8.83. The lowest BCUT2D eigenvalue weighted by Crippen LogP contribution is -2.26. The van der Waals surface area contributed by atoms with Gasteiger partial charge in [0.05, 0.1) is 23.1 Å². The number of para-hydroxylation sites is 1. The zero-order valence-corrected chi connectivity index (χ0v) is 9.59. The van der Waals surface area contributed by atoms with Crippen molar-refractivity contribution in [1.29, 1.82) is 0 Å². The van der Waals surface area contributed by atoms with Crippen molar-refractivity contribution in [2.24, 2.45) is 5.73 Å². The second-order valence-electron chi connectivity index (χ2n) is 3.50. The smallest absolute Gasteiger partial charge is 0.313 e. The summed E-state index contributed by atoms with van der Waals surface area (Å²) in [5.41, 5.74) is 3.12. The molecular formula is C10H7ClF3N3O. The highest BCUT2D eigenvalue weighted by molar-refractivity contribution is 6.28. The molecule has 4 nitrogen and oxygen atoms in total. The van der Waals surface area contributed by atoms with Crippen LogP contribution in [0.3, 0.4) is 0 Å². The number of nitrogens with zero attached hydrogens (tertiary/aromatic N) is 2. The predicted molar refractivity (Wildman–Crippen MR) is 60.2 cm³/mol. The number of halogens is 4. The summed E-state index contributed by atoms with van der Waals surface area (Å²) in [4.78, 5) is 15.5. The number of aromatic nitrogens is 2. The summed E-state index contributed by atoms with van der Waals surface area (Å²) < 4.78 is 39.1. The number of hydrogen-bond donors (Lipinski definition) is 1. The molecule has 2 N–H and O–H groups in total. The van der Waals surface area contributed by atoms with Crippen molar-refractivity contribution in [3.05, 3.63) is 39.4 Å². The number of alkyl halides is 3. The standard InChI is InChI=1S/C10H7ClF3N3O/c11-9-16-7-5(8(18)17(9)4-15)2-1-3-6(7)10(12,13)14/h1-3H,4,15H2. The van der Waals surface area contributed by atoms with Gasteiger partial charge >= 0.3 is 6.18 Å². The van der Waals surface area contributed by atoms with Crippen molar-refractivity contribution in [3.8, 4) is 0 Å². The molecule has 0 saturated heterocycles. The molecule has 8 heteroatoms. The summed E-state index contributed by atoms with van der Waals surface area (Å²) in [6.07, 6.45) is -4.60. The second-order valence-corrected chi connectivity index (χ2v) is 3.83. The fourth-order valence-corrected chi connectivity index (χ4v) is 1.84. The van der Waals surface area contributed by atoms with E-state index in [0.29, 0.717) is 0 Å². The monoisotopic (exact) mass is 277 g/mol. The first-order chi connectivity index (χ1) is 8.36. The maximum Gasteiger partial charge on any atom is 0.418 e. The summed E-state index contributed by atoms with van der Waals surface area (Å²) in [5.74, 6) is 0. The van der Waals surface area contributed by atoms with Crippen LogP contribution in [0.5, 0.6) is 0 Å². The molecule has 0 aliphatic carbocycles. The van der Waals surface area contributed by atoms with Gasteiger partial charge in [0.2, 0.25) is 5.28 Å². The van der Waals surface area contributed by atoms with Crippen LogP contribution < -0.4 is 11.3 Å². The topological polar surface area (TPSA) is 60.9 Å². The lowest BCUT2D eigenvalue weighted by molar-refractivity contribution is -0.136. The van der Waals surface area contributed by atoms with Gasteiger partial charge in [-0.2, -0.15) is 13.2 Å². The Balaban J connectivity index is 2.93. The highest BCUT2D eigenvalue weighted by Crippen LogP contribution is 2.33. The van der Waals surface area contributed by atoms with E-state index in [2.05, 4.69) is 4.98 Å². The molecule has 0 unspecified atom stereocenters. The van der Waals surface area contributed by atoms with Gasteiger partial charge in [-0.15, -0.1) is 0 Å². The minimum atomic E-state index is -4.60. The van der Waals surface area contributed by atoms with Gasteiger partial charge in [-0.05, 0) is 23.7 Å². The van der Waals surface area contributed by atoms with E-state index in [1.54, 1.807) is 0 Å². The van der Waals surface area contributed by atoms with E-state index in [9.17, 15) is 18.0 Å². The van der Waals surface area contributed by atoms with Crippen LogP contribution in [0.2, 0.25) is 5.28 Å². The van der Waals surface area contributed by atoms with Gasteiger partial charge in [0.15, 0.2) is 0 Å². The number of nitrogens with two attached hydrogens (primary N) is 1. The number of benzene rings is 1. The highest BCUT2D eigenvalue weighted by Gasteiger charge is 2.33. The lowest BCUT2D eigenvalue weighted by Gasteiger charge is -2.11. The summed E-state index contributed by atoms with van der Waals surface area (Å²) in [6.45, 7) is -0.253. The molecule has 2 rings (SSSR count). The maximum absolute atomic E-state index is 12.7. The Labute approximate surface area is 104 Å². The quantitative estimate of drug-likeness (QED) is 0.811. The Bertz CT molecular complexity index is 666. The number of rotatable bonds is 1. The van der Waals surface area contributed by atoms with Crippen molar-refractivity contribution >= 4 is 22.5 Å². The van der Waals surface area contributed by atoms with Crippen LogP contribution in [0.15, 0.2) is 23.0 Å². The average molecular weight is 278 g/mol. The minimum Gasteiger partial charge on any atom is -0.313 e. The SMILES string of the molecule is NCn1c(Cl)nc2c(C(F)(F)F)cccc2c1=O. The van der Waals surface area contributed by atoms with Crippen LogP contribution >= 0.6 is 11.6 Å². The normalized spacial score (nSPS) is 12.1. The molecule has 0 aliphatic rings. The summed E-state index contributed by atoms with van der Waals surface area (Å²) in [5, 5.41) is -0.536. The van der Waals surface area contributed by atoms with E-state index in [4.69, 9.17) is 17.3 Å². The molecule has 96 valence electrons. The fourth-order valence-electron chi connectivity index (χ4n) is 1.61. The van der Waals surface area contributed by atoms with E-state index in [1.807, 2.05) is 0 Å². The van der Waals surface area contributed by atoms with Crippen LogP contribution in [0.1, 0.15) is 5.56 Å². The number of fused-ring (bicyclic) bond motifs is 1. The Morgan fingerprint density at radius 1 is 1.39 bits per heavy atom. The molecular weight excluding hydrogens is 271 g/mol. The molecule has 0 saturated carbocycles. The van der Waals surface area contributed by atoms with Gasteiger partial charge in [0.1, 0.15) is 0 Å². The summed E-state index contributed by atoms with van der Waals surface area (Å²) >= 11 is 5.64. The Morgan fingerprint density at radius 2 is 2.06 bits per heavy atom. The van der Waals surface area contributed by atoms with Gasteiger partial charge < -0.3 is 5.73 Å². The van der Waals surface area contributed by atoms with Gasteiger partial charge in [-0.25, -0.2) is 4.98 Å². The van der Waals surface area contributed by atoms with E-state index >= 15 is 0 Å². The summed E-state index contributed by atoms with van der Waals surface area (Å²) in [7, 11) is 0. The second kappa shape index (κ2) is 4.25. The molecule has 0 spiro atoms. The first-order valence-electron chi connectivity index (χ1n) is 4.82. The molecule has 0 atom stereocenters. The average Bonchev–Trinajstić information content (AvgIpc) is 2.27. The molecule has 1 aromatic carbocycles. The Hall–Kier alpha value is -1.60. The third kappa shape index (κ3) is 1.95. The van der Waals surface area contributed by atoms with Crippen LogP contribution in [0.4, 0.5) is 13.2 Å². The third-order valence-electron chi connectivity index (χ3n) is 2.43. The molecule has 0 bridgehead atoms. The van der Waals surface area contributed by atoms with Crippen molar-refractivity contribution < 1.29 is 13.2 Å². The molecule has 0 fully saturated rings. The molecule has 1 aromatic heterocycles. The van der Waals surface area contributed by atoms with Crippen LogP contribution in [0.25, 0.3) is 10.9 Å². The largest absolute Gasteiger partial charge is 0.418 e. The minimum absolute atomic E-state index is 0.167. The molecule has 18 heavy (non-hydrogen) atoms. The van der Waals surface area contributed by atoms with Gasteiger partial charge in [-0.1, -0.05) is 6.07 Å². The van der Waals surface area contributed by atoms with Crippen molar-refractivity contribution in [1.82, 2.24) is 9.55 Å². The number of hydrogen-bond acceptors (Lipinski definition) is 3. The predicted octanol–water partition coefficient (Wildman–Crippen LogP) is 1.98. The maximum atomic E-state index is 12.7. The fraction of sp³-hybridized carbons (Fsp3) is 0.200. The van der Waals surface area contributed by atoms with Gasteiger partial charge in [-0.3, -0.25) is 9.36 Å². The molecule has 2 aromatic rings. The Kier molecular flexibility index (Phi) is 3.04. The van der Waals surface area contributed by atoms with Crippen LogP contribution in [-0.2, 0) is 12.8 Å². The van der Waals surface area contributed by atoms with Crippen molar-refractivity contribution in [2.75, 3.05) is 0 Å². The van der Waals surface area contributed by atoms with Gasteiger partial charge in [0.25, 0.3) is 5.56 Å². The van der Waals surface area contributed by atoms with Crippen molar-refractivity contribution in [2.45, 2.75) is 12.8 Å². The first-order valence-corrected chi connectivity index (χ1v) is 5.20. The molecule has 0 aliphatic heterocycles. The summed E-state index contributed by atoms with van der Waals surface area (Å²) in [6, 6.07) is 3.24. The zero-order chi connectivity index (χ0) is 13.5. The van der Waals surface area contributed by atoms with Crippen LogP contribution in [-0.4, -0.2) is 9.55 Å². The highest BCUT2D eigenvalue weighted by atomic mass is 35.5. The van der Waals surface area contributed by atoms with E-state index in [-0.39, 0.29) is 17.3 Å². The van der Waals surface area contributed by atoms with E-state index in [1.165, 1.54) is 6.07 Å². The lowest BCUT2D eigenvalue weighted by atomic mass is 10.1. The van der Waals surface area contributed by atoms with Crippen molar-refractivity contribution in [3.63, 3.8) is 0 Å². The van der Waals surface area contributed by atoms with E-state index < -0.39 is 22.8 Å². The molecule has 0 radical (unpaired) electrons. The van der Waals surface area contributed by atoms with E-state index in [0.717, 1.165) is 16.7 Å². The molecule has 0 amide bonds. The molecule has 1 heterocycles. The van der Waals surface area contributed by atoms with Gasteiger partial charge in [0, 0.05) is 0 Å². The first kappa shape index (κ1) is 12.8. The third-order valence-corrected chi connectivity index (χ3v) is 2.71. The Morgan fingerprint density at radius 3 is 2.61 bits per heavy atom. The van der Waals surface area contributed by atoms with Crippen LogP contribution in [0, 0.1) is 0 Å².